The highest BCUT2D eigenvalue weighted by atomic mass is 32.2. The van der Waals surface area contributed by atoms with Crippen LogP contribution in [0.1, 0.15) is 22.5 Å². The molecule has 0 N–H and O–H groups in total. The van der Waals surface area contributed by atoms with Crippen molar-refractivity contribution in [3.63, 3.8) is 0 Å². The largest absolute Gasteiger partial charge is 0.493 e. The molecule has 1 amide bonds. The van der Waals surface area contributed by atoms with Crippen molar-refractivity contribution in [1.82, 2.24) is 24.5 Å². The van der Waals surface area contributed by atoms with Gasteiger partial charge in [-0.15, -0.1) is 5.10 Å². The van der Waals surface area contributed by atoms with Crippen LogP contribution in [0.15, 0.2) is 23.4 Å². The number of aryl methyl sites for hydroxylation is 2. The van der Waals surface area contributed by atoms with E-state index < -0.39 is 0 Å². The quantitative estimate of drug-likeness (QED) is 0.509. The van der Waals surface area contributed by atoms with Crippen molar-refractivity contribution in [3.05, 3.63) is 40.7 Å². The van der Waals surface area contributed by atoms with E-state index in [0.717, 1.165) is 28.9 Å². The average molecular weight is 430 g/mol. The molecule has 30 heavy (non-hydrogen) atoms. The van der Waals surface area contributed by atoms with Crippen LogP contribution in [0, 0.1) is 13.8 Å². The van der Waals surface area contributed by atoms with E-state index in [1.807, 2.05) is 45.4 Å². The highest BCUT2D eigenvalue weighted by Gasteiger charge is 2.18. The highest BCUT2D eigenvalue weighted by molar-refractivity contribution is 7.98. The Kier molecular flexibility index (Phi) is 6.81. The Balaban J connectivity index is 1.70. The van der Waals surface area contributed by atoms with Gasteiger partial charge in [0.05, 0.1) is 20.6 Å². The summed E-state index contributed by atoms with van der Waals surface area (Å²) in [5.74, 6) is 1.98. The monoisotopic (exact) mass is 429 g/mol. The number of likely N-dealkylation sites (N-methyl/N-ethyl adjacent to an activating group) is 1. The molecule has 0 saturated heterocycles. The fourth-order valence-electron chi connectivity index (χ4n) is 3.28. The molecular formula is C21H27N5O3S. The number of methoxy groups -OCH3 is 2. The number of carbonyl (C=O) groups is 1. The van der Waals surface area contributed by atoms with Gasteiger partial charge in [0, 0.05) is 30.5 Å². The molecule has 2 heterocycles. The van der Waals surface area contributed by atoms with Crippen LogP contribution in [0.25, 0.3) is 5.78 Å². The number of hydrogen-bond acceptors (Lipinski definition) is 7. The van der Waals surface area contributed by atoms with Crippen LogP contribution in [0.5, 0.6) is 11.5 Å². The summed E-state index contributed by atoms with van der Waals surface area (Å²) in [7, 11) is 5.05. The Hall–Kier alpha value is -2.81. The number of aromatic nitrogens is 4. The van der Waals surface area contributed by atoms with Gasteiger partial charge in [0.15, 0.2) is 11.5 Å². The number of thioether (sulfide) groups is 1. The zero-order valence-corrected chi connectivity index (χ0v) is 19.0. The van der Waals surface area contributed by atoms with E-state index >= 15 is 0 Å². The van der Waals surface area contributed by atoms with Crippen molar-refractivity contribution >= 4 is 23.4 Å². The van der Waals surface area contributed by atoms with Gasteiger partial charge < -0.3 is 14.4 Å². The van der Waals surface area contributed by atoms with Gasteiger partial charge in [-0.2, -0.15) is 4.98 Å². The molecule has 0 fully saturated rings. The number of hydrogen-bond donors (Lipinski definition) is 0. The molecule has 3 aromatic rings. The van der Waals surface area contributed by atoms with Gasteiger partial charge in [-0.1, -0.05) is 17.8 Å². The minimum Gasteiger partial charge on any atom is -0.493 e. The summed E-state index contributed by atoms with van der Waals surface area (Å²) in [5, 5.41) is 5.12. The van der Waals surface area contributed by atoms with Crippen LogP contribution in [-0.4, -0.2) is 64.5 Å². The molecule has 2 aromatic heterocycles. The second-order valence-electron chi connectivity index (χ2n) is 7.00. The van der Waals surface area contributed by atoms with E-state index in [2.05, 4.69) is 15.1 Å². The number of rotatable bonds is 8. The van der Waals surface area contributed by atoms with Gasteiger partial charge >= 0.3 is 0 Å². The fraction of sp³-hybridized carbons (Fsp3) is 0.429. The first-order chi connectivity index (χ1) is 14.4. The molecule has 0 radical (unpaired) electrons. The molecule has 0 aliphatic rings. The fourth-order valence-corrected chi connectivity index (χ4v) is 3.61. The Bertz CT molecular complexity index is 1070. The van der Waals surface area contributed by atoms with E-state index in [0.29, 0.717) is 29.0 Å². The smallest absolute Gasteiger partial charge is 0.253 e. The van der Waals surface area contributed by atoms with Gasteiger partial charge in [0.2, 0.25) is 11.1 Å². The van der Waals surface area contributed by atoms with Crippen LogP contribution in [-0.2, 0) is 17.6 Å². The lowest BCUT2D eigenvalue weighted by atomic mass is 10.1. The molecule has 160 valence electrons. The maximum Gasteiger partial charge on any atom is 0.253 e. The summed E-state index contributed by atoms with van der Waals surface area (Å²) in [6.07, 6.45) is 2.92. The Morgan fingerprint density at radius 3 is 2.57 bits per heavy atom. The summed E-state index contributed by atoms with van der Waals surface area (Å²) < 4.78 is 12.3. The summed E-state index contributed by atoms with van der Waals surface area (Å²) in [4.78, 5) is 23.5. The molecule has 0 aliphatic carbocycles. The lowest BCUT2D eigenvalue weighted by molar-refractivity contribution is -0.129. The topological polar surface area (TPSA) is 81.9 Å². The number of amides is 1. The summed E-state index contributed by atoms with van der Waals surface area (Å²) in [6, 6.07) is 5.81. The zero-order chi connectivity index (χ0) is 21.8. The minimum atomic E-state index is 0.0352. The first-order valence-electron chi connectivity index (χ1n) is 9.59. The van der Waals surface area contributed by atoms with Crippen LogP contribution >= 0.6 is 11.8 Å². The number of fused-ring (bicyclic) bond motifs is 1. The molecule has 0 atom stereocenters. The summed E-state index contributed by atoms with van der Waals surface area (Å²) in [5.41, 5.74) is 3.67. The van der Waals surface area contributed by atoms with Crippen molar-refractivity contribution in [2.45, 2.75) is 31.8 Å². The lowest BCUT2D eigenvalue weighted by Crippen LogP contribution is -2.31. The van der Waals surface area contributed by atoms with Crippen LogP contribution in [0.4, 0.5) is 0 Å². The van der Waals surface area contributed by atoms with Crippen molar-refractivity contribution in [1.29, 1.82) is 0 Å². The van der Waals surface area contributed by atoms with Gasteiger partial charge in [0.1, 0.15) is 0 Å². The van der Waals surface area contributed by atoms with Crippen molar-refractivity contribution in [2.24, 2.45) is 0 Å². The Morgan fingerprint density at radius 2 is 1.90 bits per heavy atom. The SMILES string of the molecule is COc1ccc(CCN(C)C(=O)Cc2c(C)nc3nc(SC)nn3c2C)cc1OC. The Labute approximate surface area is 180 Å². The predicted octanol–water partition coefficient (Wildman–Crippen LogP) is 2.72. The van der Waals surface area contributed by atoms with Gasteiger partial charge in [-0.25, -0.2) is 9.50 Å². The molecule has 0 unspecified atom stereocenters. The van der Waals surface area contributed by atoms with E-state index in [1.165, 1.54) is 11.8 Å². The first-order valence-corrected chi connectivity index (χ1v) is 10.8. The molecule has 3 rings (SSSR count). The standard InChI is InChI=1S/C21H27N5O3S/c1-13-16(14(2)26-20(22-13)23-21(24-26)30-6)12-19(27)25(3)10-9-15-7-8-17(28-4)18(11-15)29-5/h7-8,11H,9-10,12H2,1-6H3. The Morgan fingerprint density at radius 1 is 1.17 bits per heavy atom. The number of carbonyl (C=O) groups excluding carboxylic acids is 1. The number of benzene rings is 1. The van der Waals surface area contributed by atoms with Crippen LogP contribution < -0.4 is 9.47 Å². The lowest BCUT2D eigenvalue weighted by Gasteiger charge is -2.19. The number of ether oxygens (including phenoxy) is 2. The second kappa shape index (κ2) is 9.34. The first kappa shape index (κ1) is 21.9. The van der Waals surface area contributed by atoms with E-state index in [4.69, 9.17) is 9.47 Å². The van der Waals surface area contributed by atoms with E-state index in [-0.39, 0.29) is 12.3 Å². The molecule has 8 nitrogen and oxygen atoms in total. The van der Waals surface area contributed by atoms with Crippen molar-refractivity contribution < 1.29 is 14.3 Å². The zero-order valence-electron chi connectivity index (χ0n) is 18.2. The van der Waals surface area contributed by atoms with E-state index in [1.54, 1.807) is 23.6 Å². The molecule has 0 spiro atoms. The minimum absolute atomic E-state index is 0.0352. The van der Waals surface area contributed by atoms with Gasteiger partial charge in [-0.3, -0.25) is 4.79 Å². The van der Waals surface area contributed by atoms with Gasteiger partial charge in [0.25, 0.3) is 5.78 Å². The van der Waals surface area contributed by atoms with Crippen LogP contribution in [0.3, 0.4) is 0 Å². The predicted molar refractivity (Wildman–Crippen MR) is 117 cm³/mol. The summed E-state index contributed by atoms with van der Waals surface area (Å²) in [6.45, 7) is 4.46. The maximum atomic E-state index is 12.9. The van der Waals surface area contributed by atoms with Crippen molar-refractivity contribution in [2.75, 3.05) is 34.1 Å². The number of nitrogens with zero attached hydrogens (tertiary/aromatic N) is 5. The molecule has 0 bridgehead atoms. The third-order valence-corrected chi connectivity index (χ3v) is 5.69. The normalized spacial score (nSPS) is 11.0. The highest BCUT2D eigenvalue weighted by Crippen LogP contribution is 2.27. The second-order valence-corrected chi connectivity index (χ2v) is 7.78. The third kappa shape index (κ3) is 4.51. The van der Waals surface area contributed by atoms with E-state index in [9.17, 15) is 4.79 Å². The molecule has 0 aliphatic heterocycles. The third-order valence-electron chi connectivity index (χ3n) is 5.15. The molecule has 9 heteroatoms. The van der Waals surface area contributed by atoms with Gasteiger partial charge in [-0.05, 0) is 44.2 Å². The molecule has 1 aromatic carbocycles. The molecular weight excluding hydrogens is 402 g/mol. The van der Waals surface area contributed by atoms with Crippen molar-refractivity contribution in [3.8, 4) is 11.5 Å². The average Bonchev–Trinajstić information content (AvgIpc) is 3.17. The summed E-state index contributed by atoms with van der Waals surface area (Å²) >= 11 is 1.47. The molecule has 0 saturated carbocycles. The van der Waals surface area contributed by atoms with Crippen LogP contribution in [0.2, 0.25) is 0 Å². The maximum absolute atomic E-state index is 12.9.